The zero-order valence-electron chi connectivity index (χ0n) is 13.8. The highest BCUT2D eigenvalue weighted by molar-refractivity contribution is 5.63. The van der Waals surface area contributed by atoms with Crippen molar-refractivity contribution in [2.75, 3.05) is 0 Å². The van der Waals surface area contributed by atoms with E-state index in [-0.39, 0.29) is 23.5 Å². The fraction of sp³-hybridized carbons (Fsp3) is 0.105. The molecule has 0 aliphatic carbocycles. The molecule has 4 rings (SSSR count). The first kappa shape index (κ1) is 17.1. The van der Waals surface area contributed by atoms with Crippen molar-refractivity contribution >= 4 is 0 Å². The van der Waals surface area contributed by atoms with Crippen LogP contribution in [0.25, 0.3) is 22.9 Å². The molecule has 0 amide bonds. The third-order valence-electron chi connectivity index (χ3n) is 4.07. The highest BCUT2D eigenvalue weighted by Gasteiger charge is 2.32. The lowest BCUT2D eigenvalue weighted by atomic mass is 10.1. The molecule has 0 unspecified atom stereocenters. The first-order valence-corrected chi connectivity index (χ1v) is 8.01. The Balaban J connectivity index is 1.70. The quantitative estimate of drug-likeness (QED) is 0.492. The summed E-state index contributed by atoms with van der Waals surface area (Å²) in [5, 5.41) is 0. The first-order chi connectivity index (χ1) is 12.9. The van der Waals surface area contributed by atoms with E-state index >= 15 is 0 Å². The summed E-state index contributed by atoms with van der Waals surface area (Å²) in [6, 6.07) is 11.4. The Morgan fingerprint density at radius 1 is 0.889 bits per heavy atom. The van der Waals surface area contributed by atoms with Crippen LogP contribution in [0.2, 0.25) is 0 Å². The summed E-state index contributed by atoms with van der Waals surface area (Å²) in [5.41, 5.74) is 0.0351. The van der Waals surface area contributed by atoms with E-state index in [1.165, 1.54) is 29.1 Å². The average Bonchev–Trinajstić information content (AvgIpc) is 3.05. The topological polar surface area (TPSA) is 43.6 Å². The molecule has 0 radical (unpaired) electrons. The molecule has 0 spiro atoms. The number of hydrogen-bond donors (Lipinski definition) is 0. The maximum Gasteiger partial charge on any atom is 0.416 e. The zero-order valence-corrected chi connectivity index (χ0v) is 13.8. The molecule has 2 heterocycles. The van der Waals surface area contributed by atoms with E-state index in [0.717, 1.165) is 6.07 Å². The first-order valence-electron chi connectivity index (χ1n) is 8.01. The number of halogens is 4. The van der Waals surface area contributed by atoms with Gasteiger partial charge in [0, 0.05) is 12.7 Å². The molecule has 0 saturated heterocycles. The molecular formula is C19H12F4N4. The highest BCUT2D eigenvalue weighted by atomic mass is 19.4. The second-order valence-electron chi connectivity index (χ2n) is 5.94. The van der Waals surface area contributed by atoms with Gasteiger partial charge in [-0.15, -0.1) is 0 Å². The SMILES string of the molecule is Fc1ccccc1-c1nc2cn(Cc3ccccc3C(F)(F)F)cnc-2n1. The monoisotopic (exact) mass is 372 g/mol. The van der Waals surface area contributed by atoms with Crippen molar-refractivity contribution in [1.82, 2.24) is 19.5 Å². The second kappa shape index (κ2) is 6.46. The molecule has 2 aliphatic rings. The lowest BCUT2D eigenvalue weighted by molar-refractivity contribution is -0.138. The number of nitrogens with zero attached hydrogens (tertiary/aromatic N) is 4. The van der Waals surface area contributed by atoms with Gasteiger partial charge in [0.1, 0.15) is 11.5 Å². The van der Waals surface area contributed by atoms with Crippen LogP contribution >= 0.6 is 0 Å². The fourth-order valence-electron chi connectivity index (χ4n) is 2.83. The van der Waals surface area contributed by atoms with Crippen LogP contribution < -0.4 is 0 Å². The number of imidazole rings is 1. The van der Waals surface area contributed by atoms with Crippen LogP contribution in [0.4, 0.5) is 17.6 Å². The van der Waals surface area contributed by atoms with Crippen LogP contribution in [0.3, 0.4) is 0 Å². The van der Waals surface area contributed by atoms with E-state index in [1.54, 1.807) is 30.5 Å². The number of rotatable bonds is 3. The highest BCUT2D eigenvalue weighted by Crippen LogP contribution is 2.32. The molecule has 27 heavy (non-hydrogen) atoms. The molecule has 8 heteroatoms. The van der Waals surface area contributed by atoms with Crippen LogP contribution in [-0.2, 0) is 12.7 Å². The summed E-state index contributed by atoms with van der Waals surface area (Å²) in [4.78, 5) is 12.6. The minimum absolute atomic E-state index is 0.0273. The molecule has 0 N–H and O–H groups in total. The van der Waals surface area contributed by atoms with Gasteiger partial charge in [0.25, 0.3) is 0 Å². The smallest absolute Gasteiger partial charge is 0.332 e. The van der Waals surface area contributed by atoms with Crippen LogP contribution in [0.15, 0.2) is 61.1 Å². The summed E-state index contributed by atoms with van der Waals surface area (Å²) >= 11 is 0. The van der Waals surface area contributed by atoms with Gasteiger partial charge >= 0.3 is 6.18 Å². The van der Waals surface area contributed by atoms with E-state index in [0.29, 0.717) is 11.5 Å². The minimum atomic E-state index is -4.44. The molecule has 0 bridgehead atoms. The van der Waals surface area contributed by atoms with Crippen LogP contribution in [0, 0.1) is 5.82 Å². The lowest BCUT2D eigenvalue weighted by Crippen LogP contribution is -2.12. The van der Waals surface area contributed by atoms with Crippen molar-refractivity contribution in [1.29, 1.82) is 0 Å². The summed E-state index contributed by atoms with van der Waals surface area (Å²) in [6.45, 7) is -0.0273. The van der Waals surface area contributed by atoms with Crippen molar-refractivity contribution in [3.8, 4) is 22.9 Å². The van der Waals surface area contributed by atoms with Gasteiger partial charge in [0.15, 0.2) is 11.6 Å². The molecular weight excluding hydrogens is 360 g/mol. The van der Waals surface area contributed by atoms with Crippen LogP contribution in [0.1, 0.15) is 11.1 Å². The summed E-state index contributed by atoms with van der Waals surface area (Å²) in [7, 11) is 0. The Bertz CT molecular complexity index is 1070. The average molecular weight is 372 g/mol. The van der Waals surface area contributed by atoms with Crippen molar-refractivity contribution < 1.29 is 17.6 Å². The maximum absolute atomic E-state index is 13.9. The van der Waals surface area contributed by atoms with E-state index < -0.39 is 17.6 Å². The van der Waals surface area contributed by atoms with Gasteiger partial charge < -0.3 is 4.57 Å². The third kappa shape index (κ3) is 3.38. The Hall–Kier alpha value is -3.29. The van der Waals surface area contributed by atoms with Crippen molar-refractivity contribution in [2.24, 2.45) is 0 Å². The Kier molecular flexibility index (Phi) is 4.10. The Labute approximate surface area is 151 Å². The zero-order chi connectivity index (χ0) is 19.0. The summed E-state index contributed by atoms with van der Waals surface area (Å²) < 4.78 is 54.9. The number of benzene rings is 2. The Morgan fingerprint density at radius 3 is 2.41 bits per heavy atom. The van der Waals surface area contributed by atoms with Gasteiger partial charge in [-0.25, -0.2) is 19.3 Å². The van der Waals surface area contributed by atoms with Gasteiger partial charge in [-0.1, -0.05) is 30.3 Å². The van der Waals surface area contributed by atoms with Gasteiger partial charge in [-0.3, -0.25) is 0 Å². The van der Waals surface area contributed by atoms with E-state index in [1.807, 2.05) is 0 Å². The van der Waals surface area contributed by atoms with E-state index in [9.17, 15) is 17.6 Å². The van der Waals surface area contributed by atoms with Crippen molar-refractivity contribution in [3.05, 3.63) is 78.0 Å². The number of aromatic nitrogens is 4. The van der Waals surface area contributed by atoms with Crippen molar-refractivity contribution in [3.63, 3.8) is 0 Å². The molecule has 0 aromatic heterocycles. The number of fused-ring (bicyclic) bond motifs is 1. The predicted molar refractivity (Wildman–Crippen MR) is 90.4 cm³/mol. The Morgan fingerprint density at radius 2 is 1.63 bits per heavy atom. The van der Waals surface area contributed by atoms with Crippen LogP contribution in [-0.4, -0.2) is 19.5 Å². The fourth-order valence-corrected chi connectivity index (χ4v) is 2.83. The lowest BCUT2D eigenvalue weighted by Gasteiger charge is -2.14. The van der Waals surface area contributed by atoms with Gasteiger partial charge in [-0.05, 0) is 23.8 Å². The van der Waals surface area contributed by atoms with Crippen molar-refractivity contribution in [2.45, 2.75) is 12.7 Å². The molecule has 4 nitrogen and oxygen atoms in total. The molecule has 2 aromatic carbocycles. The molecule has 0 atom stereocenters. The molecule has 0 fully saturated rings. The van der Waals surface area contributed by atoms with E-state index in [4.69, 9.17) is 0 Å². The van der Waals surface area contributed by atoms with E-state index in [2.05, 4.69) is 15.0 Å². The molecule has 0 saturated carbocycles. The largest absolute Gasteiger partial charge is 0.416 e. The summed E-state index contributed by atoms with van der Waals surface area (Å²) in [5.74, 6) is 0.0254. The van der Waals surface area contributed by atoms with Gasteiger partial charge in [-0.2, -0.15) is 13.2 Å². The number of hydrogen-bond acceptors (Lipinski definition) is 3. The maximum atomic E-state index is 13.9. The van der Waals surface area contributed by atoms with Gasteiger partial charge in [0.2, 0.25) is 0 Å². The molecule has 136 valence electrons. The number of alkyl halides is 3. The summed E-state index contributed by atoms with van der Waals surface area (Å²) in [6.07, 6.45) is -1.51. The minimum Gasteiger partial charge on any atom is -0.332 e. The predicted octanol–water partition coefficient (Wildman–Crippen LogP) is 4.65. The molecule has 2 aliphatic heterocycles. The second-order valence-corrected chi connectivity index (χ2v) is 5.94. The third-order valence-corrected chi connectivity index (χ3v) is 4.07. The normalized spacial score (nSPS) is 11.9. The molecule has 2 aromatic rings. The standard InChI is InChI=1S/C19H12F4N4/c20-15-8-4-2-6-13(15)17-25-16-10-27(11-24-18(16)26-17)9-12-5-1-3-7-14(12)19(21,22)23/h1-8,10-11H,9H2. The van der Waals surface area contributed by atoms with Gasteiger partial charge in [0.05, 0.1) is 17.5 Å². The van der Waals surface area contributed by atoms with Crippen LogP contribution in [0.5, 0.6) is 0 Å².